The van der Waals surface area contributed by atoms with Gasteiger partial charge in [-0.15, -0.1) is 0 Å². The van der Waals surface area contributed by atoms with Gasteiger partial charge in [-0.1, -0.05) is 39.7 Å². The molecule has 0 saturated heterocycles. The molecule has 1 heterocycles. The summed E-state index contributed by atoms with van der Waals surface area (Å²) in [5, 5.41) is 6.50. The number of aromatic nitrogens is 2. The number of rotatable bonds is 2. The van der Waals surface area contributed by atoms with Gasteiger partial charge in [0.05, 0.1) is 12.1 Å². The van der Waals surface area contributed by atoms with Crippen molar-refractivity contribution in [2.45, 2.75) is 13.5 Å². The van der Waals surface area contributed by atoms with Crippen LogP contribution in [-0.2, 0) is 6.54 Å². The molecular formula is C15H12BrClN2. The van der Waals surface area contributed by atoms with Crippen LogP contribution in [0.1, 0.15) is 11.1 Å². The molecule has 0 N–H and O–H groups in total. The summed E-state index contributed by atoms with van der Waals surface area (Å²) >= 11 is 9.43. The zero-order chi connectivity index (χ0) is 13.4. The predicted octanol–water partition coefficient (Wildman–Crippen LogP) is 4.81. The lowest BCUT2D eigenvalue weighted by atomic mass is 10.2. The zero-order valence-corrected chi connectivity index (χ0v) is 12.7. The zero-order valence-electron chi connectivity index (χ0n) is 10.4. The van der Waals surface area contributed by atoms with E-state index in [-0.39, 0.29) is 0 Å². The largest absolute Gasteiger partial charge is 0.267 e. The highest BCUT2D eigenvalue weighted by Gasteiger charge is 2.04. The lowest BCUT2D eigenvalue weighted by Crippen LogP contribution is -1.99. The van der Waals surface area contributed by atoms with Gasteiger partial charge in [0.2, 0.25) is 0 Å². The first-order valence-corrected chi connectivity index (χ1v) is 7.17. The minimum atomic E-state index is 0.752. The summed E-state index contributed by atoms with van der Waals surface area (Å²) in [5.41, 5.74) is 3.41. The summed E-state index contributed by atoms with van der Waals surface area (Å²) in [5.74, 6) is 0. The van der Waals surface area contributed by atoms with Gasteiger partial charge in [0, 0.05) is 21.1 Å². The van der Waals surface area contributed by atoms with E-state index in [2.05, 4.69) is 46.3 Å². The Morgan fingerprint density at radius 1 is 1.21 bits per heavy atom. The van der Waals surface area contributed by atoms with Crippen molar-refractivity contribution in [1.29, 1.82) is 0 Å². The SMILES string of the molecule is Cc1cc2nn(Cc3ccc(Cl)cc3)cc2cc1Br. The number of fused-ring (bicyclic) bond motifs is 1. The number of hydrogen-bond acceptors (Lipinski definition) is 1. The van der Waals surface area contributed by atoms with Gasteiger partial charge >= 0.3 is 0 Å². The Hall–Kier alpha value is -1.32. The Morgan fingerprint density at radius 2 is 1.95 bits per heavy atom. The molecule has 96 valence electrons. The van der Waals surface area contributed by atoms with Gasteiger partial charge in [0.1, 0.15) is 0 Å². The van der Waals surface area contributed by atoms with Crippen molar-refractivity contribution in [3.8, 4) is 0 Å². The van der Waals surface area contributed by atoms with E-state index in [1.807, 2.05) is 28.9 Å². The van der Waals surface area contributed by atoms with Gasteiger partial charge in [-0.05, 0) is 42.3 Å². The Kier molecular flexibility index (Phi) is 3.33. The first-order valence-electron chi connectivity index (χ1n) is 5.99. The standard InChI is InChI=1S/C15H12BrClN2/c1-10-6-15-12(7-14(10)16)9-19(18-15)8-11-2-4-13(17)5-3-11/h2-7,9H,8H2,1H3. The van der Waals surface area contributed by atoms with Crippen molar-refractivity contribution in [3.63, 3.8) is 0 Å². The summed E-state index contributed by atoms with van der Waals surface area (Å²) < 4.78 is 3.07. The second-order valence-corrected chi connectivity index (χ2v) is 5.90. The van der Waals surface area contributed by atoms with Crippen LogP contribution in [0, 0.1) is 6.92 Å². The van der Waals surface area contributed by atoms with Crippen molar-refractivity contribution in [3.05, 3.63) is 63.2 Å². The van der Waals surface area contributed by atoms with E-state index in [1.54, 1.807) is 0 Å². The Balaban J connectivity index is 1.95. The minimum Gasteiger partial charge on any atom is -0.267 e. The third-order valence-corrected chi connectivity index (χ3v) is 4.20. The van der Waals surface area contributed by atoms with Crippen LogP contribution in [0.3, 0.4) is 0 Å². The maximum Gasteiger partial charge on any atom is 0.0926 e. The smallest absolute Gasteiger partial charge is 0.0926 e. The molecule has 0 aliphatic rings. The Bertz CT molecular complexity index is 693. The molecule has 0 amide bonds. The molecule has 0 atom stereocenters. The lowest BCUT2D eigenvalue weighted by molar-refractivity contribution is 0.696. The van der Waals surface area contributed by atoms with Crippen molar-refractivity contribution in [2.75, 3.05) is 0 Å². The maximum absolute atomic E-state index is 5.89. The number of nitrogens with zero attached hydrogens (tertiary/aromatic N) is 2. The van der Waals surface area contributed by atoms with Crippen molar-refractivity contribution in [2.24, 2.45) is 0 Å². The van der Waals surface area contributed by atoms with E-state index in [1.165, 1.54) is 11.1 Å². The number of hydrogen-bond donors (Lipinski definition) is 0. The second kappa shape index (κ2) is 4.99. The molecule has 0 fully saturated rings. The van der Waals surface area contributed by atoms with Gasteiger partial charge < -0.3 is 0 Å². The van der Waals surface area contributed by atoms with Crippen LogP contribution in [0.4, 0.5) is 0 Å². The number of aryl methyl sites for hydroxylation is 1. The van der Waals surface area contributed by atoms with Crippen LogP contribution in [-0.4, -0.2) is 9.78 Å². The van der Waals surface area contributed by atoms with Crippen LogP contribution >= 0.6 is 27.5 Å². The predicted molar refractivity (Wildman–Crippen MR) is 82.7 cm³/mol. The average Bonchev–Trinajstić information content (AvgIpc) is 2.74. The van der Waals surface area contributed by atoms with E-state index >= 15 is 0 Å². The normalized spacial score (nSPS) is 11.1. The molecule has 2 aromatic carbocycles. The van der Waals surface area contributed by atoms with Gasteiger partial charge in [-0.3, -0.25) is 4.68 Å². The van der Waals surface area contributed by atoms with Gasteiger partial charge in [-0.25, -0.2) is 0 Å². The molecule has 0 aliphatic heterocycles. The summed E-state index contributed by atoms with van der Waals surface area (Å²) in [6, 6.07) is 12.1. The quantitative estimate of drug-likeness (QED) is 0.657. The van der Waals surface area contributed by atoms with Gasteiger partial charge in [0.15, 0.2) is 0 Å². The third-order valence-electron chi connectivity index (χ3n) is 3.09. The summed E-state index contributed by atoms with van der Waals surface area (Å²) in [6.07, 6.45) is 2.06. The van der Waals surface area contributed by atoms with E-state index in [0.717, 1.165) is 26.9 Å². The second-order valence-electron chi connectivity index (χ2n) is 4.61. The van der Waals surface area contributed by atoms with Gasteiger partial charge in [-0.2, -0.15) is 5.10 Å². The molecule has 0 spiro atoms. The Labute approximate surface area is 125 Å². The van der Waals surface area contributed by atoms with E-state index in [0.29, 0.717) is 0 Å². The van der Waals surface area contributed by atoms with E-state index in [4.69, 9.17) is 11.6 Å². The first kappa shape index (κ1) is 12.7. The fourth-order valence-electron chi connectivity index (χ4n) is 2.06. The molecule has 19 heavy (non-hydrogen) atoms. The van der Waals surface area contributed by atoms with E-state index in [9.17, 15) is 0 Å². The molecule has 0 bridgehead atoms. The first-order chi connectivity index (χ1) is 9.11. The average molecular weight is 336 g/mol. The molecule has 3 aromatic rings. The maximum atomic E-state index is 5.89. The van der Waals surface area contributed by atoms with Crippen LogP contribution in [0.2, 0.25) is 5.02 Å². The highest BCUT2D eigenvalue weighted by Crippen LogP contribution is 2.23. The molecule has 1 aromatic heterocycles. The molecule has 4 heteroatoms. The van der Waals surface area contributed by atoms with Crippen molar-refractivity contribution in [1.82, 2.24) is 9.78 Å². The fraction of sp³-hybridized carbons (Fsp3) is 0.133. The molecule has 0 saturated carbocycles. The van der Waals surface area contributed by atoms with Crippen LogP contribution in [0.15, 0.2) is 47.1 Å². The van der Waals surface area contributed by atoms with Crippen LogP contribution < -0.4 is 0 Å². The number of benzene rings is 2. The van der Waals surface area contributed by atoms with Crippen molar-refractivity contribution >= 4 is 38.4 Å². The van der Waals surface area contributed by atoms with Crippen LogP contribution in [0.5, 0.6) is 0 Å². The Morgan fingerprint density at radius 3 is 2.68 bits per heavy atom. The highest BCUT2D eigenvalue weighted by atomic mass is 79.9. The number of halogens is 2. The van der Waals surface area contributed by atoms with Crippen molar-refractivity contribution < 1.29 is 0 Å². The molecule has 3 rings (SSSR count). The van der Waals surface area contributed by atoms with Crippen LogP contribution in [0.25, 0.3) is 10.9 Å². The molecular weight excluding hydrogens is 324 g/mol. The molecule has 0 radical (unpaired) electrons. The summed E-state index contributed by atoms with van der Waals surface area (Å²) in [6.45, 7) is 2.82. The monoisotopic (exact) mass is 334 g/mol. The summed E-state index contributed by atoms with van der Waals surface area (Å²) in [4.78, 5) is 0. The highest BCUT2D eigenvalue weighted by molar-refractivity contribution is 9.10. The molecule has 0 unspecified atom stereocenters. The third kappa shape index (κ3) is 2.67. The summed E-state index contributed by atoms with van der Waals surface area (Å²) in [7, 11) is 0. The molecule has 0 aliphatic carbocycles. The molecule has 2 nitrogen and oxygen atoms in total. The fourth-order valence-corrected chi connectivity index (χ4v) is 2.54. The van der Waals surface area contributed by atoms with E-state index < -0.39 is 0 Å². The topological polar surface area (TPSA) is 17.8 Å². The lowest BCUT2D eigenvalue weighted by Gasteiger charge is -2.01. The minimum absolute atomic E-state index is 0.752. The van der Waals surface area contributed by atoms with Gasteiger partial charge in [0.25, 0.3) is 0 Å².